The third-order valence-electron chi connectivity index (χ3n) is 5.57. The first-order valence-corrected chi connectivity index (χ1v) is 13.6. The average Bonchev–Trinajstić information content (AvgIpc) is 2.84. The third kappa shape index (κ3) is 12.3. The fourth-order valence-electron chi connectivity index (χ4n) is 3.54. The lowest BCUT2D eigenvalue weighted by molar-refractivity contribution is -0.143. The number of nitrogens with one attached hydrogen (secondary N) is 3. The molecule has 1 aromatic carbocycles. The van der Waals surface area contributed by atoms with Crippen molar-refractivity contribution in [1.82, 2.24) is 16.0 Å². The predicted molar refractivity (Wildman–Crippen MR) is 143 cm³/mol. The van der Waals surface area contributed by atoms with Crippen LogP contribution in [0.2, 0.25) is 0 Å². The highest BCUT2D eigenvalue weighted by Gasteiger charge is 2.30. The van der Waals surface area contributed by atoms with E-state index in [1.807, 2.05) is 6.26 Å². The molecule has 0 saturated heterocycles. The Morgan fingerprint density at radius 2 is 1.39 bits per heavy atom. The first-order valence-electron chi connectivity index (χ1n) is 12.2. The lowest BCUT2D eigenvalue weighted by Crippen LogP contribution is -2.57. The fraction of sp³-hybridized carbons (Fsp3) is 0.560. The second-order valence-corrected chi connectivity index (χ2v) is 10.3. The Kier molecular flexibility index (Phi) is 14.2. The summed E-state index contributed by atoms with van der Waals surface area (Å²) in [6.45, 7) is 3.58. The zero-order valence-corrected chi connectivity index (χ0v) is 22.6. The molecule has 0 spiro atoms. The number of hydrogen-bond donors (Lipinski definition) is 7. The van der Waals surface area contributed by atoms with Gasteiger partial charge in [-0.05, 0) is 61.3 Å². The van der Waals surface area contributed by atoms with E-state index in [1.54, 1.807) is 26.0 Å². The molecule has 4 unspecified atom stereocenters. The number of thioether (sulfide) groups is 1. The van der Waals surface area contributed by atoms with Crippen molar-refractivity contribution in [3.63, 3.8) is 0 Å². The summed E-state index contributed by atoms with van der Waals surface area (Å²) in [5.41, 5.74) is 6.73. The predicted octanol–water partition coefficient (Wildman–Crippen LogP) is 0.465. The lowest BCUT2D eigenvalue weighted by atomic mass is 10.0. The van der Waals surface area contributed by atoms with E-state index in [0.717, 1.165) is 0 Å². The molecule has 1 aromatic rings. The number of phenols is 1. The zero-order chi connectivity index (χ0) is 28.8. The monoisotopic (exact) mass is 554 g/mol. The topological polar surface area (TPSA) is 208 Å². The fourth-order valence-corrected chi connectivity index (χ4v) is 4.01. The lowest BCUT2D eigenvalue weighted by Gasteiger charge is -2.25. The second kappa shape index (κ2) is 16.5. The van der Waals surface area contributed by atoms with E-state index in [1.165, 1.54) is 23.9 Å². The Hall–Kier alpha value is -3.32. The van der Waals surface area contributed by atoms with Crippen molar-refractivity contribution in [2.75, 3.05) is 12.0 Å². The average molecular weight is 555 g/mol. The number of carboxylic acid groups (broad SMARTS) is 2. The van der Waals surface area contributed by atoms with Crippen LogP contribution in [0.15, 0.2) is 24.3 Å². The van der Waals surface area contributed by atoms with Gasteiger partial charge in [-0.25, -0.2) is 4.79 Å². The van der Waals surface area contributed by atoms with Gasteiger partial charge >= 0.3 is 11.9 Å². The maximum absolute atomic E-state index is 13.1. The van der Waals surface area contributed by atoms with Crippen LogP contribution in [0, 0.1) is 5.92 Å². The van der Waals surface area contributed by atoms with Crippen molar-refractivity contribution < 1.29 is 39.3 Å². The largest absolute Gasteiger partial charge is 0.508 e. The van der Waals surface area contributed by atoms with Gasteiger partial charge in [-0.2, -0.15) is 11.8 Å². The minimum atomic E-state index is -1.33. The van der Waals surface area contributed by atoms with Crippen LogP contribution in [0.4, 0.5) is 0 Å². The number of carboxylic acids is 2. The number of aliphatic carboxylic acids is 2. The van der Waals surface area contributed by atoms with Crippen molar-refractivity contribution in [2.24, 2.45) is 11.7 Å². The number of carbonyl (C=O) groups is 5. The summed E-state index contributed by atoms with van der Waals surface area (Å²) in [6.07, 6.45) is 1.61. The van der Waals surface area contributed by atoms with E-state index in [-0.39, 0.29) is 37.4 Å². The van der Waals surface area contributed by atoms with Crippen LogP contribution in [0.1, 0.15) is 45.1 Å². The summed E-state index contributed by atoms with van der Waals surface area (Å²) in [7, 11) is 0. The minimum absolute atomic E-state index is 0.0413. The quantitative estimate of drug-likeness (QED) is 0.141. The van der Waals surface area contributed by atoms with Gasteiger partial charge in [-0.3, -0.25) is 19.2 Å². The molecular formula is C25H38N4O8S. The number of amides is 3. The van der Waals surface area contributed by atoms with Gasteiger partial charge in [0.15, 0.2) is 0 Å². The summed E-state index contributed by atoms with van der Waals surface area (Å²) in [4.78, 5) is 61.4. The number of aromatic hydroxyl groups is 1. The smallest absolute Gasteiger partial charge is 0.326 e. The van der Waals surface area contributed by atoms with Gasteiger partial charge in [0.25, 0.3) is 0 Å². The van der Waals surface area contributed by atoms with Gasteiger partial charge in [0, 0.05) is 6.42 Å². The van der Waals surface area contributed by atoms with Crippen LogP contribution >= 0.6 is 11.8 Å². The summed E-state index contributed by atoms with van der Waals surface area (Å²) < 4.78 is 0. The van der Waals surface area contributed by atoms with Crippen LogP contribution in [0.5, 0.6) is 5.75 Å². The molecule has 8 N–H and O–H groups in total. The summed E-state index contributed by atoms with van der Waals surface area (Å²) in [5.74, 6) is -4.07. The maximum atomic E-state index is 13.1. The maximum Gasteiger partial charge on any atom is 0.326 e. The van der Waals surface area contributed by atoms with E-state index < -0.39 is 60.2 Å². The number of nitrogens with two attached hydrogens (primary N) is 1. The molecule has 0 fully saturated rings. The normalized spacial score (nSPS) is 14.1. The highest BCUT2D eigenvalue weighted by Crippen LogP contribution is 2.12. The third-order valence-corrected chi connectivity index (χ3v) is 6.22. The van der Waals surface area contributed by atoms with Crippen LogP contribution in [0.25, 0.3) is 0 Å². The Morgan fingerprint density at radius 1 is 0.868 bits per heavy atom. The van der Waals surface area contributed by atoms with E-state index in [0.29, 0.717) is 11.3 Å². The molecule has 0 bridgehead atoms. The van der Waals surface area contributed by atoms with Gasteiger partial charge in [0.1, 0.15) is 23.9 Å². The van der Waals surface area contributed by atoms with Crippen molar-refractivity contribution >= 4 is 41.4 Å². The highest BCUT2D eigenvalue weighted by molar-refractivity contribution is 7.98. The van der Waals surface area contributed by atoms with Gasteiger partial charge < -0.3 is 37.0 Å². The molecule has 12 nitrogen and oxygen atoms in total. The molecule has 0 aromatic heterocycles. The molecule has 0 radical (unpaired) electrons. The van der Waals surface area contributed by atoms with Gasteiger partial charge in [0.2, 0.25) is 17.7 Å². The molecule has 13 heteroatoms. The van der Waals surface area contributed by atoms with Crippen LogP contribution in [0.3, 0.4) is 0 Å². The van der Waals surface area contributed by atoms with Gasteiger partial charge in [-0.1, -0.05) is 26.0 Å². The number of rotatable bonds is 17. The summed E-state index contributed by atoms with van der Waals surface area (Å²) in [6, 6.07) is 1.57. The Balaban J connectivity index is 2.98. The van der Waals surface area contributed by atoms with Crippen molar-refractivity contribution in [3.8, 4) is 5.75 Å². The molecule has 0 aliphatic carbocycles. The van der Waals surface area contributed by atoms with Crippen LogP contribution in [-0.4, -0.2) is 81.2 Å². The van der Waals surface area contributed by atoms with Crippen molar-refractivity contribution in [3.05, 3.63) is 29.8 Å². The molecular weight excluding hydrogens is 516 g/mol. The molecule has 4 atom stereocenters. The van der Waals surface area contributed by atoms with E-state index >= 15 is 0 Å². The molecule has 0 heterocycles. The van der Waals surface area contributed by atoms with Crippen molar-refractivity contribution in [2.45, 2.75) is 70.1 Å². The minimum Gasteiger partial charge on any atom is -0.508 e. The second-order valence-electron chi connectivity index (χ2n) is 9.34. The number of benzene rings is 1. The zero-order valence-electron chi connectivity index (χ0n) is 21.8. The molecule has 38 heavy (non-hydrogen) atoms. The molecule has 0 aliphatic rings. The summed E-state index contributed by atoms with van der Waals surface area (Å²) >= 11 is 1.43. The first kappa shape index (κ1) is 32.7. The van der Waals surface area contributed by atoms with E-state index in [4.69, 9.17) is 10.8 Å². The summed E-state index contributed by atoms with van der Waals surface area (Å²) in [5, 5.41) is 35.4. The molecule has 212 valence electrons. The number of phenolic OH excluding ortho intramolecular Hbond substituents is 1. The highest BCUT2D eigenvalue weighted by atomic mass is 32.2. The Bertz CT molecular complexity index is 957. The van der Waals surface area contributed by atoms with E-state index in [9.17, 15) is 34.2 Å². The van der Waals surface area contributed by atoms with Gasteiger partial charge in [-0.15, -0.1) is 0 Å². The number of carbonyl (C=O) groups excluding carboxylic acids is 3. The Morgan fingerprint density at radius 3 is 1.89 bits per heavy atom. The molecule has 3 amide bonds. The number of hydrogen-bond acceptors (Lipinski definition) is 8. The first-order chi connectivity index (χ1) is 17.8. The van der Waals surface area contributed by atoms with Crippen LogP contribution < -0.4 is 21.7 Å². The standard InChI is InChI=1S/C25H38N4O8S/c1-14(2)12-20(25(36)37)29-23(34)18(8-9-21(31)32)28-24(35)19(10-11-38-3)27-22(33)17(26)13-15-4-6-16(30)7-5-15/h4-7,14,17-20,30H,8-13,26H2,1-3H3,(H,27,33)(H,28,35)(H,29,34)(H,31,32)(H,36,37). The molecule has 0 saturated carbocycles. The molecule has 1 rings (SSSR count). The van der Waals surface area contributed by atoms with Gasteiger partial charge in [0.05, 0.1) is 6.04 Å². The van der Waals surface area contributed by atoms with Crippen LogP contribution in [-0.2, 0) is 30.4 Å². The van der Waals surface area contributed by atoms with Crippen molar-refractivity contribution in [1.29, 1.82) is 0 Å². The SMILES string of the molecule is CSCCC(NC(=O)C(N)Cc1ccc(O)cc1)C(=O)NC(CCC(=O)O)C(=O)NC(CC(C)C)C(=O)O. The molecule has 0 aliphatic heterocycles. The Labute approximate surface area is 226 Å². The van der Waals surface area contributed by atoms with E-state index in [2.05, 4.69) is 16.0 Å².